The van der Waals surface area contributed by atoms with Crippen LogP contribution in [0.15, 0.2) is 36.4 Å². The van der Waals surface area contributed by atoms with Crippen LogP contribution in [0.25, 0.3) is 17.1 Å². The first kappa shape index (κ1) is 20.8. The number of rotatable bonds is 7. The van der Waals surface area contributed by atoms with Crippen LogP contribution < -0.4 is 5.48 Å². The number of hydrogen-bond donors (Lipinski definition) is 2. The van der Waals surface area contributed by atoms with E-state index in [0.717, 1.165) is 29.7 Å². The largest absolute Gasteiger partial charge is 0.327 e. The van der Waals surface area contributed by atoms with Crippen LogP contribution in [-0.2, 0) is 11.3 Å². The molecule has 3 unspecified atom stereocenters. The van der Waals surface area contributed by atoms with Gasteiger partial charge in [0.1, 0.15) is 5.82 Å². The van der Waals surface area contributed by atoms with Crippen molar-refractivity contribution in [3.05, 3.63) is 47.8 Å². The number of carbonyl (C=O) groups excluding carboxylic acids is 1. The predicted molar refractivity (Wildman–Crippen MR) is 119 cm³/mol. The van der Waals surface area contributed by atoms with Gasteiger partial charge >= 0.3 is 0 Å². The van der Waals surface area contributed by atoms with Gasteiger partial charge in [-0.15, -0.1) is 0 Å². The third-order valence-corrected chi connectivity index (χ3v) is 6.28. The summed E-state index contributed by atoms with van der Waals surface area (Å²) in [5, 5.41) is 8.69. The van der Waals surface area contributed by atoms with Gasteiger partial charge in [-0.3, -0.25) is 10.0 Å². The van der Waals surface area contributed by atoms with Crippen LogP contribution in [-0.4, -0.2) is 46.2 Å². The lowest BCUT2D eigenvalue weighted by atomic mass is 9.90. The lowest BCUT2D eigenvalue weighted by Crippen LogP contribution is -2.33. The molecule has 0 saturated heterocycles. The molecular weight excluding hydrogens is 376 g/mol. The highest BCUT2D eigenvalue weighted by molar-refractivity contribution is 5.91. The standard InChI is InChI=1S/C24H32N4O2/c1-24(2,14-27(3)4)15-28-21-9-6-16(7-10-22(29)26-30)13-20(21)25-23(28)19-12-17-5-8-18(19)11-17/h5-10,13,17-19,30H,11-12,14-15H2,1-4H3,(H,26,29). The molecule has 1 fully saturated rings. The fourth-order valence-electron chi connectivity index (χ4n) is 5.34. The maximum Gasteiger partial charge on any atom is 0.267 e. The molecule has 6 nitrogen and oxygen atoms in total. The van der Waals surface area contributed by atoms with E-state index in [0.29, 0.717) is 17.8 Å². The van der Waals surface area contributed by atoms with E-state index >= 15 is 0 Å². The zero-order chi connectivity index (χ0) is 21.5. The fraction of sp³-hybridized carbons (Fsp3) is 0.500. The van der Waals surface area contributed by atoms with Crippen LogP contribution in [0.2, 0.25) is 0 Å². The summed E-state index contributed by atoms with van der Waals surface area (Å²) in [6.07, 6.45) is 10.2. The summed E-state index contributed by atoms with van der Waals surface area (Å²) in [6.45, 7) is 6.54. The Labute approximate surface area is 178 Å². The van der Waals surface area contributed by atoms with Crippen molar-refractivity contribution in [2.75, 3.05) is 20.6 Å². The van der Waals surface area contributed by atoms with Crippen molar-refractivity contribution in [1.82, 2.24) is 19.9 Å². The lowest BCUT2D eigenvalue weighted by molar-refractivity contribution is -0.124. The predicted octanol–water partition coefficient (Wildman–Crippen LogP) is 3.82. The Hall–Kier alpha value is -2.44. The molecule has 1 saturated carbocycles. The molecule has 1 aromatic heterocycles. The number of carbonyl (C=O) groups is 1. The van der Waals surface area contributed by atoms with Gasteiger partial charge < -0.3 is 9.47 Å². The van der Waals surface area contributed by atoms with Gasteiger partial charge in [0, 0.05) is 25.1 Å². The van der Waals surface area contributed by atoms with Crippen molar-refractivity contribution in [3.63, 3.8) is 0 Å². The molecule has 6 heteroatoms. The third-order valence-electron chi connectivity index (χ3n) is 6.28. The fourth-order valence-corrected chi connectivity index (χ4v) is 5.34. The Kier molecular flexibility index (Phi) is 5.55. The Morgan fingerprint density at radius 1 is 1.33 bits per heavy atom. The Balaban J connectivity index is 1.74. The summed E-state index contributed by atoms with van der Waals surface area (Å²) in [4.78, 5) is 18.7. The van der Waals surface area contributed by atoms with E-state index < -0.39 is 5.91 Å². The highest BCUT2D eigenvalue weighted by Crippen LogP contribution is 2.49. The van der Waals surface area contributed by atoms with E-state index in [4.69, 9.17) is 10.2 Å². The average Bonchev–Trinajstić information content (AvgIpc) is 3.39. The maximum absolute atomic E-state index is 11.3. The van der Waals surface area contributed by atoms with Crippen LogP contribution in [0.1, 0.15) is 44.0 Å². The highest BCUT2D eigenvalue weighted by atomic mass is 16.5. The molecule has 1 amide bonds. The molecule has 4 rings (SSSR count). The second-order valence-electron chi connectivity index (χ2n) is 9.90. The first-order valence-corrected chi connectivity index (χ1v) is 10.7. The van der Waals surface area contributed by atoms with Crippen LogP contribution in [0.4, 0.5) is 0 Å². The van der Waals surface area contributed by atoms with Gasteiger partial charge in [0.25, 0.3) is 5.91 Å². The van der Waals surface area contributed by atoms with Gasteiger partial charge in [-0.25, -0.2) is 10.5 Å². The number of hydroxylamine groups is 1. The van der Waals surface area contributed by atoms with E-state index in [-0.39, 0.29) is 5.41 Å². The van der Waals surface area contributed by atoms with Crippen LogP contribution in [0.3, 0.4) is 0 Å². The SMILES string of the molecule is CN(C)CC(C)(C)Cn1c(C2CC3C=CC2C3)nc2cc(C=CC(=O)NO)ccc21. The van der Waals surface area contributed by atoms with Crippen LogP contribution >= 0.6 is 0 Å². The second kappa shape index (κ2) is 8.00. The first-order chi connectivity index (χ1) is 14.3. The molecule has 2 N–H and O–H groups in total. The zero-order valence-electron chi connectivity index (χ0n) is 18.3. The number of aromatic nitrogens is 2. The zero-order valence-corrected chi connectivity index (χ0v) is 18.3. The van der Waals surface area contributed by atoms with Crippen molar-refractivity contribution in [2.45, 2.75) is 39.2 Å². The number of nitrogens with one attached hydrogen (secondary N) is 1. The quantitative estimate of drug-likeness (QED) is 0.316. The highest BCUT2D eigenvalue weighted by Gasteiger charge is 2.39. The number of hydrogen-bond acceptors (Lipinski definition) is 4. The number of imidazole rings is 1. The number of amides is 1. The maximum atomic E-state index is 11.3. The summed E-state index contributed by atoms with van der Waals surface area (Å²) in [5.74, 6) is 2.42. The van der Waals surface area contributed by atoms with Gasteiger partial charge in [0.2, 0.25) is 0 Å². The first-order valence-electron chi connectivity index (χ1n) is 10.7. The van der Waals surface area contributed by atoms with Crippen molar-refractivity contribution >= 4 is 23.0 Å². The second-order valence-corrected chi connectivity index (χ2v) is 9.90. The summed E-state index contributed by atoms with van der Waals surface area (Å²) in [5.41, 5.74) is 4.73. The van der Waals surface area contributed by atoms with E-state index in [1.807, 2.05) is 12.1 Å². The summed E-state index contributed by atoms with van der Waals surface area (Å²) in [6, 6.07) is 6.14. The van der Waals surface area contributed by atoms with Crippen molar-refractivity contribution < 1.29 is 10.0 Å². The molecule has 2 aliphatic rings. The van der Waals surface area contributed by atoms with Crippen molar-refractivity contribution in [2.24, 2.45) is 17.3 Å². The molecule has 0 aliphatic heterocycles. The van der Waals surface area contributed by atoms with Gasteiger partial charge in [0.15, 0.2) is 0 Å². The molecule has 160 valence electrons. The average molecular weight is 409 g/mol. The number of benzene rings is 1. The molecule has 3 atom stereocenters. The minimum atomic E-state index is -0.541. The van der Waals surface area contributed by atoms with Gasteiger partial charge in [-0.1, -0.05) is 32.1 Å². The molecule has 30 heavy (non-hydrogen) atoms. The number of allylic oxidation sites excluding steroid dienone is 2. The summed E-state index contributed by atoms with van der Waals surface area (Å²) >= 11 is 0. The monoisotopic (exact) mass is 408 g/mol. The van der Waals surface area contributed by atoms with Crippen LogP contribution in [0.5, 0.6) is 0 Å². The molecule has 2 aromatic rings. The topological polar surface area (TPSA) is 70.4 Å². The Bertz CT molecular complexity index is 1000. The van der Waals surface area contributed by atoms with Gasteiger partial charge in [-0.05, 0) is 68.0 Å². The third kappa shape index (κ3) is 4.20. The van der Waals surface area contributed by atoms with Gasteiger partial charge in [0.05, 0.1) is 11.0 Å². The Morgan fingerprint density at radius 2 is 2.13 bits per heavy atom. The number of fused-ring (bicyclic) bond motifs is 3. The van der Waals surface area contributed by atoms with E-state index in [1.165, 1.54) is 24.7 Å². The molecule has 2 aliphatic carbocycles. The van der Waals surface area contributed by atoms with Crippen molar-refractivity contribution in [1.29, 1.82) is 0 Å². The minimum Gasteiger partial charge on any atom is -0.327 e. The summed E-state index contributed by atoms with van der Waals surface area (Å²) in [7, 11) is 4.24. The van der Waals surface area contributed by atoms with Crippen LogP contribution in [0, 0.1) is 17.3 Å². The number of nitrogens with zero attached hydrogens (tertiary/aromatic N) is 3. The molecule has 2 bridgehead atoms. The van der Waals surface area contributed by atoms with E-state index in [9.17, 15) is 4.79 Å². The summed E-state index contributed by atoms with van der Waals surface area (Å²) < 4.78 is 2.44. The molecule has 0 spiro atoms. The molecule has 0 radical (unpaired) electrons. The van der Waals surface area contributed by atoms with E-state index in [2.05, 4.69) is 55.6 Å². The Morgan fingerprint density at radius 3 is 2.77 bits per heavy atom. The molecule has 1 aromatic carbocycles. The molecular formula is C24H32N4O2. The smallest absolute Gasteiger partial charge is 0.267 e. The lowest BCUT2D eigenvalue weighted by Gasteiger charge is -2.31. The minimum absolute atomic E-state index is 0.108. The normalized spacial score (nSPS) is 23.3. The van der Waals surface area contributed by atoms with E-state index in [1.54, 1.807) is 11.6 Å². The van der Waals surface area contributed by atoms with Crippen molar-refractivity contribution in [3.8, 4) is 0 Å². The van der Waals surface area contributed by atoms with Gasteiger partial charge in [-0.2, -0.15) is 0 Å². The molecule has 1 heterocycles.